The quantitative estimate of drug-likeness (QED) is 0.322. The van der Waals surface area contributed by atoms with Crippen LogP contribution in [0, 0.1) is 5.92 Å². The molecule has 1 aliphatic rings. The number of nitrogens with one attached hydrogen (secondary N) is 1. The van der Waals surface area contributed by atoms with Gasteiger partial charge in [-0.05, 0) is 19.3 Å². The SMILES string of the molecule is CP(=O)(O)CCCNC(=O)OCOC(=O)C1CCCCC1. The Morgan fingerprint density at radius 3 is 2.52 bits per heavy atom. The highest BCUT2D eigenvalue weighted by atomic mass is 31.2. The number of hydrogen-bond donors (Lipinski definition) is 2. The fraction of sp³-hybridized carbons (Fsp3) is 0.846. The van der Waals surface area contributed by atoms with E-state index in [9.17, 15) is 14.2 Å². The van der Waals surface area contributed by atoms with Crippen LogP contribution in [0.3, 0.4) is 0 Å². The molecule has 1 atom stereocenters. The van der Waals surface area contributed by atoms with Gasteiger partial charge in [0, 0.05) is 19.4 Å². The summed E-state index contributed by atoms with van der Waals surface area (Å²) in [5, 5.41) is 2.42. The maximum atomic E-state index is 11.7. The molecule has 2 N–H and O–H groups in total. The summed E-state index contributed by atoms with van der Waals surface area (Å²) in [6, 6.07) is 0. The number of amides is 1. The Morgan fingerprint density at radius 1 is 1.24 bits per heavy atom. The third-order valence-corrected chi connectivity index (χ3v) is 4.49. The van der Waals surface area contributed by atoms with Gasteiger partial charge in [-0.2, -0.15) is 0 Å². The highest BCUT2D eigenvalue weighted by Crippen LogP contribution is 2.35. The Kier molecular flexibility index (Phi) is 7.75. The van der Waals surface area contributed by atoms with E-state index >= 15 is 0 Å². The van der Waals surface area contributed by atoms with Gasteiger partial charge in [0.1, 0.15) is 0 Å². The third-order valence-electron chi connectivity index (χ3n) is 3.35. The van der Waals surface area contributed by atoms with Gasteiger partial charge >= 0.3 is 12.1 Å². The number of esters is 1. The van der Waals surface area contributed by atoms with Crippen molar-refractivity contribution in [1.29, 1.82) is 0 Å². The monoisotopic (exact) mass is 321 g/mol. The lowest BCUT2D eigenvalue weighted by Crippen LogP contribution is -2.28. The summed E-state index contributed by atoms with van der Waals surface area (Å²) >= 11 is 0. The van der Waals surface area contributed by atoms with Crippen LogP contribution in [-0.4, -0.2) is 43.1 Å². The molecule has 122 valence electrons. The van der Waals surface area contributed by atoms with E-state index in [0.717, 1.165) is 32.1 Å². The first-order valence-electron chi connectivity index (χ1n) is 7.25. The van der Waals surface area contributed by atoms with E-state index in [4.69, 9.17) is 14.4 Å². The highest BCUT2D eigenvalue weighted by Gasteiger charge is 2.22. The molecule has 1 saturated carbocycles. The largest absolute Gasteiger partial charge is 0.428 e. The van der Waals surface area contributed by atoms with Crippen molar-refractivity contribution in [3.05, 3.63) is 0 Å². The van der Waals surface area contributed by atoms with Crippen molar-refractivity contribution in [3.8, 4) is 0 Å². The van der Waals surface area contributed by atoms with Crippen molar-refractivity contribution in [2.45, 2.75) is 38.5 Å². The molecule has 8 heteroatoms. The molecule has 0 heterocycles. The second-order valence-electron chi connectivity index (χ2n) is 5.40. The van der Waals surface area contributed by atoms with Crippen LogP contribution in [0.1, 0.15) is 38.5 Å². The predicted molar refractivity (Wildman–Crippen MR) is 77.3 cm³/mol. The molecule has 1 rings (SSSR count). The Morgan fingerprint density at radius 2 is 1.90 bits per heavy atom. The lowest BCUT2D eigenvalue weighted by atomic mass is 9.89. The van der Waals surface area contributed by atoms with Crippen molar-refractivity contribution < 1.29 is 28.5 Å². The summed E-state index contributed by atoms with van der Waals surface area (Å²) in [7, 11) is -3.04. The van der Waals surface area contributed by atoms with Crippen molar-refractivity contribution >= 4 is 19.4 Å². The summed E-state index contributed by atoms with van der Waals surface area (Å²) in [4.78, 5) is 32.0. The molecule has 0 bridgehead atoms. The topological polar surface area (TPSA) is 102 Å². The van der Waals surface area contributed by atoms with Crippen LogP contribution in [0.15, 0.2) is 0 Å². The van der Waals surface area contributed by atoms with E-state index in [1.165, 1.54) is 6.66 Å². The smallest absolute Gasteiger partial charge is 0.410 e. The number of carbonyl (C=O) groups is 2. The first kappa shape index (κ1) is 18.0. The van der Waals surface area contributed by atoms with Gasteiger partial charge < -0.3 is 19.7 Å². The number of rotatable bonds is 7. The van der Waals surface area contributed by atoms with E-state index in [1.807, 2.05) is 0 Å². The second kappa shape index (κ2) is 9.05. The Hall–Kier alpha value is -1.07. The summed E-state index contributed by atoms with van der Waals surface area (Å²) < 4.78 is 20.6. The third kappa shape index (κ3) is 8.73. The van der Waals surface area contributed by atoms with Gasteiger partial charge in [0.15, 0.2) is 7.37 Å². The predicted octanol–water partition coefficient (Wildman–Crippen LogP) is 2.08. The molecule has 0 aromatic rings. The molecule has 1 fully saturated rings. The number of hydrogen-bond acceptors (Lipinski definition) is 5. The van der Waals surface area contributed by atoms with Crippen LogP contribution in [0.2, 0.25) is 0 Å². The number of carbonyl (C=O) groups excluding carboxylic acids is 2. The average Bonchev–Trinajstić information content (AvgIpc) is 2.43. The standard InChI is InChI=1S/C13H24NO6P/c1-21(17,18)9-5-8-14-13(16)20-10-19-12(15)11-6-3-2-4-7-11/h11H,2-10H2,1H3,(H,14,16)(H,17,18). The van der Waals surface area contributed by atoms with Gasteiger partial charge in [-0.15, -0.1) is 0 Å². The zero-order valence-corrected chi connectivity index (χ0v) is 13.3. The minimum Gasteiger partial charge on any atom is -0.428 e. The average molecular weight is 321 g/mol. The Bertz CT molecular complexity index is 388. The van der Waals surface area contributed by atoms with Gasteiger partial charge in [0.05, 0.1) is 5.92 Å². The molecule has 7 nitrogen and oxygen atoms in total. The van der Waals surface area contributed by atoms with Gasteiger partial charge in [0.25, 0.3) is 0 Å². The fourth-order valence-electron chi connectivity index (χ4n) is 2.21. The van der Waals surface area contributed by atoms with E-state index in [2.05, 4.69) is 5.32 Å². The molecule has 1 amide bonds. The molecule has 0 saturated heterocycles. The molecule has 1 unspecified atom stereocenters. The first-order chi connectivity index (χ1) is 9.88. The van der Waals surface area contributed by atoms with Crippen LogP contribution >= 0.6 is 7.37 Å². The zero-order chi connectivity index (χ0) is 15.7. The number of alkyl carbamates (subject to hydrolysis) is 1. The van der Waals surface area contributed by atoms with Gasteiger partial charge in [-0.3, -0.25) is 9.36 Å². The highest BCUT2D eigenvalue weighted by molar-refractivity contribution is 7.57. The first-order valence-corrected chi connectivity index (χ1v) is 9.54. The van der Waals surface area contributed by atoms with Gasteiger partial charge in [-0.25, -0.2) is 4.79 Å². The molecule has 21 heavy (non-hydrogen) atoms. The number of ether oxygens (including phenoxy) is 2. The molecule has 1 aliphatic carbocycles. The lowest BCUT2D eigenvalue weighted by molar-refractivity contribution is -0.157. The molecule has 0 aliphatic heterocycles. The fourth-order valence-corrected chi connectivity index (χ4v) is 2.96. The molecule has 0 spiro atoms. The van der Waals surface area contributed by atoms with Crippen molar-refractivity contribution in [3.63, 3.8) is 0 Å². The van der Waals surface area contributed by atoms with Gasteiger partial charge in [0.2, 0.25) is 6.79 Å². The van der Waals surface area contributed by atoms with E-state index in [-0.39, 0.29) is 24.6 Å². The van der Waals surface area contributed by atoms with Crippen LogP contribution in [0.25, 0.3) is 0 Å². The van der Waals surface area contributed by atoms with Crippen molar-refractivity contribution in [2.24, 2.45) is 5.92 Å². The van der Waals surface area contributed by atoms with Gasteiger partial charge in [-0.1, -0.05) is 19.3 Å². The summed E-state index contributed by atoms with van der Waals surface area (Å²) in [6.45, 7) is 1.12. The molecular weight excluding hydrogens is 297 g/mol. The van der Waals surface area contributed by atoms with Crippen LogP contribution in [0.4, 0.5) is 4.79 Å². The molecular formula is C13H24NO6P. The summed E-state index contributed by atoms with van der Waals surface area (Å²) in [5.41, 5.74) is 0. The minimum absolute atomic E-state index is 0.0753. The Balaban J connectivity index is 2.04. The minimum atomic E-state index is -3.04. The van der Waals surface area contributed by atoms with E-state index in [0.29, 0.717) is 6.42 Å². The molecule has 0 aromatic carbocycles. The van der Waals surface area contributed by atoms with Crippen LogP contribution in [-0.2, 0) is 18.8 Å². The molecule has 0 radical (unpaired) electrons. The van der Waals surface area contributed by atoms with Crippen molar-refractivity contribution in [1.82, 2.24) is 5.32 Å². The second-order valence-corrected chi connectivity index (χ2v) is 7.95. The zero-order valence-electron chi connectivity index (χ0n) is 12.4. The maximum absolute atomic E-state index is 11.7. The lowest BCUT2D eigenvalue weighted by Gasteiger charge is -2.19. The maximum Gasteiger partial charge on any atom is 0.410 e. The Labute approximate surface area is 124 Å². The van der Waals surface area contributed by atoms with Crippen LogP contribution < -0.4 is 5.32 Å². The summed E-state index contributed by atoms with van der Waals surface area (Å²) in [6.07, 6.45) is 4.73. The summed E-state index contributed by atoms with van der Waals surface area (Å²) in [5.74, 6) is -0.386. The van der Waals surface area contributed by atoms with Crippen LogP contribution in [0.5, 0.6) is 0 Å². The van der Waals surface area contributed by atoms with E-state index < -0.39 is 20.3 Å². The van der Waals surface area contributed by atoms with Crippen molar-refractivity contribution in [2.75, 3.05) is 26.2 Å². The van der Waals surface area contributed by atoms with E-state index in [1.54, 1.807) is 0 Å². The molecule has 0 aromatic heterocycles. The normalized spacial score (nSPS) is 18.6.